The number of pyridine rings is 1. The molecule has 3 aromatic rings. The second-order valence-electron chi connectivity index (χ2n) is 8.57. The number of nitrogens with zero attached hydrogens (tertiary/aromatic N) is 3. The van der Waals surface area contributed by atoms with E-state index in [2.05, 4.69) is 15.7 Å². The van der Waals surface area contributed by atoms with Crippen LogP contribution in [0.15, 0.2) is 40.1 Å². The zero-order valence-electron chi connectivity index (χ0n) is 19.0. The van der Waals surface area contributed by atoms with Gasteiger partial charge < -0.3 is 20.3 Å². The molecule has 1 saturated carbocycles. The zero-order chi connectivity index (χ0) is 25.5. The number of fused-ring (bicyclic) bond motifs is 1. The number of nitrogens with one attached hydrogen (secondary N) is 2. The SMILES string of the molecule is Cc1c([C@@H](C)Nc2nn(CCNC(=O)O)c(=O)c3cc(=O)n(C4CC4)cc23)cccc1C(F)(F)F. The van der Waals surface area contributed by atoms with Gasteiger partial charge in [0.25, 0.3) is 11.1 Å². The number of benzene rings is 1. The van der Waals surface area contributed by atoms with Crippen molar-refractivity contribution in [3.05, 3.63) is 67.9 Å². The Kier molecular flexibility index (Phi) is 6.30. The van der Waals surface area contributed by atoms with Crippen LogP contribution in [0.4, 0.5) is 23.8 Å². The minimum Gasteiger partial charge on any atom is -0.465 e. The lowest BCUT2D eigenvalue weighted by molar-refractivity contribution is -0.138. The van der Waals surface area contributed by atoms with E-state index in [1.165, 1.54) is 23.6 Å². The summed E-state index contributed by atoms with van der Waals surface area (Å²) in [4.78, 5) is 36.4. The van der Waals surface area contributed by atoms with E-state index in [4.69, 9.17) is 5.11 Å². The Morgan fingerprint density at radius 2 is 1.97 bits per heavy atom. The third-order valence-electron chi connectivity index (χ3n) is 6.06. The van der Waals surface area contributed by atoms with Gasteiger partial charge in [0.15, 0.2) is 5.82 Å². The van der Waals surface area contributed by atoms with Crippen molar-refractivity contribution >= 4 is 22.7 Å². The van der Waals surface area contributed by atoms with E-state index in [0.717, 1.165) is 23.6 Å². The van der Waals surface area contributed by atoms with E-state index in [1.54, 1.807) is 19.2 Å². The number of anilines is 1. The molecule has 4 rings (SSSR count). The van der Waals surface area contributed by atoms with Gasteiger partial charge in [-0.1, -0.05) is 12.1 Å². The van der Waals surface area contributed by atoms with E-state index in [9.17, 15) is 27.6 Å². The molecule has 3 N–H and O–H groups in total. The quantitative estimate of drug-likeness (QED) is 0.464. The summed E-state index contributed by atoms with van der Waals surface area (Å²) in [6.07, 6.45) is -2.55. The van der Waals surface area contributed by atoms with Crippen LogP contribution in [0.5, 0.6) is 0 Å². The molecule has 12 heteroatoms. The number of halogens is 3. The van der Waals surface area contributed by atoms with Gasteiger partial charge >= 0.3 is 12.3 Å². The fraction of sp³-hybridized carbons (Fsp3) is 0.391. The maximum Gasteiger partial charge on any atom is 0.416 e. The number of carbonyl (C=O) groups is 1. The van der Waals surface area contributed by atoms with Crippen LogP contribution in [-0.4, -0.2) is 32.1 Å². The molecule has 1 aliphatic carbocycles. The zero-order valence-corrected chi connectivity index (χ0v) is 19.0. The average molecular weight is 491 g/mol. The number of aromatic nitrogens is 3. The molecule has 2 heterocycles. The minimum atomic E-state index is -4.50. The van der Waals surface area contributed by atoms with E-state index in [1.807, 2.05) is 0 Å². The summed E-state index contributed by atoms with van der Waals surface area (Å²) in [7, 11) is 0. The lowest BCUT2D eigenvalue weighted by Gasteiger charge is -2.21. The summed E-state index contributed by atoms with van der Waals surface area (Å²) in [6, 6.07) is 4.56. The van der Waals surface area contributed by atoms with Gasteiger partial charge in [0.1, 0.15) is 0 Å². The molecular formula is C23H24F3N5O4. The molecule has 0 aliphatic heterocycles. The Labute approximate surface area is 197 Å². The average Bonchev–Trinajstić information content (AvgIpc) is 3.60. The van der Waals surface area contributed by atoms with Crippen LogP contribution in [-0.2, 0) is 12.7 Å². The molecule has 1 aromatic carbocycles. The van der Waals surface area contributed by atoms with Crippen LogP contribution in [0, 0.1) is 6.92 Å². The van der Waals surface area contributed by atoms with Crippen molar-refractivity contribution in [1.29, 1.82) is 0 Å². The maximum atomic E-state index is 13.4. The molecule has 0 unspecified atom stereocenters. The normalized spacial score (nSPS) is 14.7. The standard InChI is InChI=1S/C23H24F3N5O4/c1-12-15(4-3-5-18(12)23(24,25)26)13(2)28-20-17-11-30(14-6-7-14)19(32)10-16(17)21(33)31(29-20)9-8-27-22(34)35/h3-5,10-11,13-14,27H,6-9H2,1-2H3,(H,28,29)(H,34,35)/t13-/m1/s1. The first-order valence-electron chi connectivity index (χ1n) is 11.0. The third kappa shape index (κ3) is 5.00. The summed E-state index contributed by atoms with van der Waals surface area (Å²) in [6.45, 7) is 2.87. The Morgan fingerprint density at radius 3 is 2.60 bits per heavy atom. The van der Waals surface area contributed by atoms with Gasteiger partial charge in [-0.3, -0.25) is 9.59 Å². The highest BCUT2D eigenvalue weighted by atomic mass is 19.4. The van der Waals surface area contributed by atoms with Crippen molar-refractivity contribution in [2.24, 2.45) is 0 Å². The first kappa shape index (κ1) is 24.3. The number of alkyl halides is 3. The van der Waals surface area contributed by atoms with Crippen molar-refractivity contribution in [3.63, 3.8) is 0 Å². The number of rotatable bonds is 7. The summed E-state index contributed by atoms with van der Waals surface area (Å²) in [5, 5.41) is 18.8. The minimum absolute atomic E-state index is 0.0325. The molecule has 186 valence electrons. The van der Waals surface area contributed by atoms with E-state index < -0.39 is 29.4 Å². The fourth-order valence-corrected chi connectivity index (χ4v) is 4.15. The Balaban J connectivity index is 1.80. The summed E-state index contributed by atoms with van der Waals surface area (Å²) in [5.41, 5.74) is -1.19. The van der Waals surface area contributed by atoms with Gasteiger partial charge in [-0.05, 0) is 43.9 Å². The number of hydrogen-bond donors (Lipinski definition) is 3. The number of hydrogen-bond acceptors (Lipinski definition) is 5. The molecular weight excluding hydrogens is 467 g/mol. The Hall–Kier alpha value is -3.83. The lowest BCUT2D eigenvalue weighted by Crippen LogP contribution is -2.33. The molecule has 2 aromatic heterocycles. The Bertz CT molecular complexity index is 1410. The van der Waals surface area contributed by atoms with Gasteiger partial charge in [0.05, 0.1) is 23.5 Å². The first-order valence-corrected chi connectivity index (χ1v) is 11.0. The fourth-order valence-electron chi connectivity index (χ4n) is 4.15. The summed E-state index contributed by atoms with van der Waals surface area (Å²) < 4.78 is 42.8. The largest absolute Gasteiger partial charge is 0.465 e. The highest BCUT2D eigenvalue weighted by Gasteiger charge is 2.33. The molecule has 1 amide bonds. The van der Waals surface area contributed by atoms with Crippen molar-refractivity contribution in [3.8, 4) is 0 Å². The van der Waals surface area contributed by atoms with Gasteiger partial charge in [-0.15, -0.1) is 0 Å². The first-order chi connectivity index (χ1) is 16.5. The molecule has 1 atom stereocenters. The van der Waals surface area contributed by atoms with Crippen LogP contribution in [0.1, 0.15) is 48.5 Å². The van der Waals surface area contributed by atoms with E-state index >= 15 is 0 Å². The van der Waals surface area contributed by atoms with E-state index in [0.29, 0.717) is 10.9 Å². The highest BCUT2D eigenvalue weighted by Crippen LogP contribution is 2.36. The predicted molar refractivity (Wildman–Crippen MR) is 123 cm³/mol. The molecule has 0 radical (unpaired) electrons. The highest BCUT2D eigenvalue weighted by molar-refractivity contribution is 5.90. The van der Waals surface area contributed by atoms with Gasteiger partial charge in [0.2, 0.25) is 0 Å². The molecule has 1 fully saturated rings. The second kappa shape index (κ2) is 9.08. The maximum absolute atomic E-state index is 13.4. The topological polar surface area (TPSA) is 118 Å². The van der Waals surface area contributed by atoms with Crippen molar-refractivity contribution < 1.29 is 23.1 Å². The third-order valence-corrected chi connectivity index (χ3v) is 6.06. The van der Waals surface area contributed by atoms with Crippen molar-refractivity contribution in [2.45, 2.75) is 51.5 Å². The van der Waals surface area contributed by atoms with Crippen LogP contribution >= 0.6 is 0 Å². The van der Waals surface area contributed by atoms with Crippen molar-refractivity contribution in [2.75, 3.05) is 11.9 Å². The van der Waals surface area contributed by atoms with Gasteiger partial charge in [-0.2, -0.15) is 18.3 Å². The number of carboxylic acid groups (broad SMARTS) is 1. The second-order valence-corrected chi connectivity index (χ2v) is 8.57. The molecule has 0 bridgehead atoms. The smallest absolute Gasteiger partial charge is 0.416 e. The molecule has 9 nitrogen and oxygen atoms in total. The molecule has 0 saturated heterocycles. The summed E-state index contributed by atoms with van der Waals surface area (Å²) >= 11 is 0. The van der Waals surface area contributed by atoms with Crippen LogP contribution in [0.2, 0.25) is 0 Å². The van der Waals surface area contributed by atoms with Crippen molar-refractivity contribution in [1.82, 2.24) is 19.7 Å². The molecule has 0 spiro atoms. The molecule has 1 aliphatic rings. The number of amides is 1. The van der Waals surface area contributed by atoms with Crippen LogP contribution in [0.3, 0.4) is 0 Å². The lowest BCUT2D eigenvalue weighted by atomic mass is 9.97. The summed E-state index contributed by atoms with van der Waals surface area (Å²) in [5.74, 6) is 0.202. The van der Waals surface area contributed by atoms with Gasteiger partial charge in [0, 0.05) is 30.2 Å². The van der Waals surface area contributed by atoms with Crippen LogP contribution < -0.4 is 21.8 Å². The van der Waals surface area contributed by atoms with E-state index in [-0.39, 0.29) is 41.5 Å². The van der Waals surface area contributed by atoms with Crippen LogP contribution in [0.25, 0.3) is 10.8 Å². The predicted octanol–water partition coefficient (Wildman–Crippen LogP) is 3.66. The molecule has 35 heavy (non-hydrogen) atoms. The monoisotopic (exact) mass is 491 g/mol. The van der Waals surface area contributed by atoms with Gasteiger partial charge in [-0.25, -0.2) is 9.48 Å². The Morgan fingerprint density at radius 1 is 1.26 bits per heavy atom.